The van der Waals surface area contributed by atoms with Gasteiger partial charge in [-0.1, -0.05) is 6.92 Å². The zero-order valence-corrected chi connectivity index (χ0v) is 15.1. The SMILES string of the molecule is CCc1cc(N2CC[C@H](F)C2)ncc1CNc1cc2c(cn1)ncn2C. The Balaban J connectivity index is 1.50. The van der Waals surface area contributed by atoms with E-state index in [0.29, 0.717) is 19.5 Å². The normalized spacial score (nSPS) is 17.2. The van der Waals surface area contributed by atoms with Crippen LogP contribution in [0.15, 0.2) is 30.9 Å². The molecule has 0 spiro atoms. The van der Waals surface area contributed by atoms with Crippen molar-refractivity contribution >= 4 is 22.7 Å². The van der Waals surface area contributed by atoms with Gasteiger partial charge in [-0.2, -0.15) is 0 Å². The summed E-state index contributed by atoms with van der Waals surface area (Å²) in [7, 11) is 1.97. The lowest BCUT2D eigenvalue weighted by molar-refractivity contribution is 0.364. The van der Waals surface area contributed by atoms with Crippen LogP contribution in [0.25, 0.3) is 11.0 Å². The van der Waals surface area contributed by atoms with Crippen LogP contribution in [0.2, 0.25) is 0 Å². The molecule has 0 unspecified atom stereocenters. The van der Waals surface area contributed by atoms with Crippen LogP contribution >= 0.6 is 0 Å². The summed E-state index contributed by atoms with van der Waals surface area (Å²) in [4.78, 5) is 15.3. The fraction of sp³-hybridized carbons (Fsp3) is 0.421. The predicted molar refractivity (Wildman–Crippen MR) is 101 cm³/mol. The molecule has 3 aromatic heterocycles. The first-order valence-electron chi connectivity index (χ1n) is 9.02. The zero-order valence-electron chi connectivity index (χ0n) is 15.1. The minimum Gasteiger partial charge on any atom is -0.366 e. The second-order valence-corrected chi connectivity index (χ2v) is 6.76. The number of nitrogens with one attached hydrogen (secondary N) is 1. The molecule has 0 saturated carbocycles. The Hall–Kier alpha value is -2.70. The van der Waals surface area contributed by atoms with Crippen molar-refractivity contribution in [1.29, 1.82) is 0 Å². The molecule has 4 rings (SSSR count). The summed E-state index contributed by atoms with van der Waals surface area (Å²) in [6.45, 7) is 3.97. The van der Waals surface area contributed by atoms with Gasteiger partial charge in [0.25, 0.3) is 0 Å². The molecule has 136 valence electrons. The van der Waals surface area contributed by atoms with Gasteiger partial charge >= 0.3 is 0 Å². The molecule has 1 N–H and O–H groups in total. The molecular formula is C19H23FN6. The Morgan fingerprint density at radius 1 is 1.19 bits per heavy atom. The van der Waals surface area contributed by atoms with E-state index < -0.39 is 6.17 Å². The fourth-order valence-corrected chi connectivity index (χ4v) is 3.41. The Bertz CT molecular complexity index is 922. The van der Waals surface area contributed by atoms with Crippen LogP contribution in [0, 0.1) is 0 Å². The van der Waals surface area contributed by atoms with Crippen molar-refractivity contribution in [3.8, 4) is 0 Å². The first-order chi connectivity index (χ1) is 12.6. The van der Waals surface area contributed by atoms with Crippen molar-refractivity contribution < 1.29 is 4.39 Å². The van der Waals surface area contributed by atoms with Crippen molar-refractivity contribution in [3.05, 3.63) is 42.0 Å². The number of hydrogen-bond donors (Lipinski definition) is 1. The molecule has 26 heavy (non-hydrogen) atoms. The molecule has 4 heterocycles. The fourth-order valence-electron chi connectivity index (χ4n) is 3.41. The number of aryl methyl sites for hydroxylation is 2. The quantitative estimate of drug-likeness (QED) is 0.763. The van der Waals surface area contributed by atoms with Gasteiger partial charge in [0.1, 0.15) is 23.3 Å². The molecule has 0 aromatic carbocycles. The van der Waals surface area contributed by atoms with E-state index in [-0.39, 0.29) is 0 Å². The van der Waals surface area contributed by atoms with Crippen LogP contribution in [0.5, 0.6) is 0 Å². The summed E-state index contributed by atoms with van der Waals surface area (Å²) in [6, 6.07) is 4.09. The zero-order chi connectivity index (χ0) is 18.1. The van der Waals surface area contributed by atoms with Gasteiger partial charge < -0.3 is 14.8 Å². The van der Waals surface area contributed by atoms with Crippen LogP contribution in [-0.4, -0.2) is 38.8 Å². The van der Waals surface area contributed by atoms with E-state index >= 15 is 0 Å². The Morgan fingerprint density at radius 2 is 2.08 bits per heavy atom. The maximum atomic E-state index is 13.5. The standard InChI is InChI=1S/C19H23FN6/c1-3-13-6-19(26-5-4-15(20)11-26)23-9-14(13)8-21-18-7-17-16(10-22-18)24-12-25(17)2/h6-7,9-10,12,15H,3-5,8,11H2,1-2H3,(H,21,22)/t15-/m0/s1. The van der Waals surface area contributed by atoms with Crippen LogP contribution in [-0.2, 0) is 20.0 Å². The lowest BCUT2D eigenvalue weighted by Crippen LogP contribution is -2.21. The van der Waals surface area contributed by atoms with Gasteiger partial charge in [-0.05, 0) is 30.0 Å². The summed E-state index contributed by atoms with van der Waals surface area (Å²) in [5, 5.41) is 3.38. The molecule has 1 fully saturated rings. The third-order valence-electron chi connectivity index (χ3n) is 4.98. The predicted octanol–water partition coefficient (Wildman–Crippen LogP) is 3.09. The summed E-state index contributed by atoms with van der Waals surface area (Å²) >= 11 is 0. The minimum atomic E-state index is -0.740. The van der Waals surface area contributed by atoms with Crippen LogP contribution in [0.3, 0.4) is 0 Å². The van der Waals surface area contributed by atoms with Gasteiger partial charge in [-0.15, -0.1) is 0 Å². The topological polar surface area (TPSA) is 58.9 Å². The molecule has 1 saturated heterocycles. The molecule has 0 aliphatic carbocycles. The maximum absolute atomic E-state index is 13.5. The highest BCUT2D eigenvalue weighted by Crippen LogP contribution is 2.23. The van der Waals surface area contributed by atoms with E-state index in [4.69, 9.17) is 0 Å². The summed E-state index contributed by atoms with van der Waals surface area (Å²) < 4.78 is 15.4. The van der Waals surface area contributed by atoms with Gasteiger partial charge in [0.15, 0.2) is 0 Å². The smallest absolute Gasteiger partial charge is 0.128 e. The molecule has 3 aromatic rings. The molecule has 0 bridgehead atoms. The number of hydrogen-bond acceptors (Lipinski definition) is 5. The number of aromatic nitrogens is 4. The number of alkyl halides is 1. The molecule has 0 amide bonds. The van der Waals surface area contributed by atoms with E-state index in [1.54, 1.807) is 12.5 Å². The van der Waals surface area contributed by atoms with Crippen molar-refractivity contribution in [2.24, 2.45) is 7.05 Å². The van der Waals surface area contributed by atoms with E-state index in [9.17, 15) is 4.39 Å². The van der Waals surface area contributed by atoms with Crippen LogP contribution in [0.1, 0.15) is 24.5 Å². The summed E-state index contributed by atoms with van der Waals surface area (Å²) in [6.07, 6.45) is 6.23. The molecular weight excluding hydrogens is 331 g/mol. The van der Waals surface area contributed by atoms with Crippen molar-refractivity contribution in [3.63, 3.8) is 0 Å². The molecule has 1 aliphatic rings. The number of rotatable bonds is 5. The summed E-state index contributed by atoms with van der Waals surface area (Å²) in [5.74, 6) is 1.69. The highest BCUT2D eigenvalue weighted by Gasteiger charge is 2.23. The van der Waals surface area contributed by atoms with Crippen LogP contribution in [0.4, 0.5) is 16.0 Å². The van der Waals surface area contributed by atoms with E-state index in [0.717, 1.165) is 41.2 Å². The molecule has 7 heteroatoms. The first-order valence-corrected chi connectivity index (χ1v) is 9.02. The average Bonchev–Trinajstić information content (AvgIpc) is 3.26. The number of anilines is 2. The second-order valence-electron chi connectivity index (χ2n) is 6.76. The highest BCUT2D eigenvalue weighted by molar-refractivity contribution is 5.77. The number of pyridine rings is 2. The molecule has 1 atom stereocenters. The lowest BCUT2D eigenvalue weighted by atomic mass is 10.1. The number of halogens is 1. The molecule has 1 aliphatic heterocycles. The first kappa shape index (κ1) is 16.8. The summed E-state index contributed by atoms with van der Waals surface area (Å²) in [5.41, 5.74) is 4.29. The number of imidazole rings is 1. The Labute approximate surface area is 152 Å². The van der Waals surface area contributed by atoms with Gasteiger partial charge in [-0.25, -0.2) is 19.3 Å². The van der Waals surface area contributed by atoms with Gasteiger partial charge in [0, 0.05) is 32.4 Å². The van der Waals surface area contributed by atoms with Gasteiger partial charge in [0.2, 0.25) is 0 Å². The van der Waals surface area contributed by atoms with Crippen molar-refractivity contribution in [2.75, 3.05) is 23.3 Å². The Kier molecular flexibility index (Phi) is 4.44. The third-order valence-corrected chi connectivity index (χ3v) is 4.98. The molecule has 0 radical (unpaired) electrons. The largest absolute Gasteiger partial charge is 0.366 e. The van der Waals surface area contributed by atoms with Crippen LogP contribution < -0.4 is 10.2 Å². The number of fused-ring (bicyclic) bond motifs is 1. The lowest BCUT2D eigenvalue weighted by Gasteiger charge is -2.18. The number of nitrogens with zero attached hydrogens (tertiary/aromatic N) is 5. The third kappa shape index (κ3) is 3.21. The monoisotopic (exact) mass is 354 g/mol. The maximum Gasteiger partial charge on any atom is 0.128 e. The van der Waals surface area contributed by atoms with E-state index in [2.05, 4.69) is 33.3 Å². The second kappa shape index (κ2) is 6.90. The highest BCUT2D eigenvalue weighted by atomic mass is 19.1. The van der Waals surface area contributed by atoms with E-state index in [1.807, 2.05) is 28.8 Å². The average molecular weight is 354 g/mol. The van der Waals surface area contributed by atoms with Crippen molar-refractivity contribution in [2.45, 2.75) is 32.5 Å². The molecule has 6 nitrogen and oxygen atoms in total. The van der Waals surface area contributed by atoms with Crippen molar-refractivity contribution in [1.82, 2.24) is 19.5 Å². The Morgan fingerprint density at radius 3 is 2.85 bits per heavy atom. The van der Waals surface area contributed by atoms with Gasteiger partial charge in [-0.3, -0.25) is 0 Å². The van der Waals surface area contributed by atoms with Gasteiger partial charge in [0.05, 0.1) is 24.6 Å². The minimum absolute atomic E-state index is 0.447. The van der Waals surface area contributed by atoms with E-state index in [1.165, 1.54) is 5.56 Å².